The predicted molar refractivity (Wildman–Crippen MR) is 103 cm³/mol. The van der Waals surface area contributed by atoms with E-state index in [1.807, 2.05) is 6.07 Å². The molecule has 0 unspecified atom stereocenters. The Balaban J connectivity index is 1.38. The van der Waals surface area contributed by atoms with Crippen LogP contribution in [0.3, 0.4) is 0 Å². The van der Waals surface area contributed by atoms with E-state index in [0.717, 1.165) is 17.8 Å². The van der Waals surface area contributed by atoms with Crippen molar-refractivity contribution >= 4 is 32.4 Å². The summed E-state index contributed by atoms with van der Waals surface area (Å²) in [6.45, 7) is 0.479. The molecule has 1 N–H and O–H groups in total. The molecular weight excluding hydrogens is 398 g/mol. The number of carbonyl (C=O) groups excluding carboxylic acids is 1. The molecule has 0 spiro atoms. The highest BCUT2D eigenvalue weighted by atomic mass is 32.2. The number of aromatic nitrogens is 2. The van der Waals surface area contributed by atoms with Gasteiger partial charge in [-0.15, -0.1) is 10.2 Å². The summed E-state index contributed by atoms with van der Waals surface area (Å²) in [7, 11) is -3.75. The molecule has 1 aromatic heterocycles. The monoisotopic (exact) mass is 417 g/mol. The predicted octanol–water partition coefficient (Wildman–Crippen LogP) is 2.33. The topological polar surface area (TPSA) is 116 Å². The molecule has 2 aromatic rings. The molecule has 146 valence electrons. The van der Waals surface area contributed by atoms with Crippen molar-refractivity contribution in [2.24, 2.45) is 5.92 Å². The molecule has 1 aliphatic heterocycles. The van der Waals surface area contributed by atoms with Gasteiger partial charge in [0, 0.05) is 24.9 Å². The number of sulfonamides is 1. The van der Waals surface area contributed by atoms with Gasteiger partial charge < -0.3 is 5.32 Å². The van der Waals surface area contributed by atoms with Gasteiger partial charge in [-0.25, -0.2) is 8.42 Å². The number of nitrogens with zero attached hydrogens (tertiary/aromatic N) is 4. The molecule has 0 atom stereocenters. The van der Waals surface area contributed by atoms with E-state index in [-0.39, 0.29) is 35.4 Å². The zero-order chi connectivity index (χ0) is 19.7. The van der Waals surface area contributed by atoms with Crippen LogP contribution in [0.1, 0.15) is 42.2 Å². The molecule has 28 heavy (non-hydrogen) atoms. The Hall–Kier alpha value is -2.35. The molecule has 0 bridgehead atoms. The molecule has 1 aromatic carbocycles. The lowest BCUT2D eigenvalue weighted by atomic mass is 9.97. The van der Waals surface area contributed by atoms with E-state index in [9.17, 15) is 18.5 Å². The summed E-state index contributed by atoms with van der Waals surface area (Å²) < 4.78 is 27.1. The van der Waals surface area contributed by atoms with Crippen molar-refractivity contribution in [3.63, 3.8) is 0 Å². The molecule has 8 nitrogen and oxygen atoms in total. The molecule has 2 aliphatic rings. The van der Waals surface area contributed by atoms with Gasteiger partial charge in [-0.05, 0) is 37.8 Å². The zero-order valence-corrected chi connectivity index (χ0v) is 16.7. The number of nitriles is 1. The fraction of sp³-hybridized carbons (Fsp3) is 0.444. The second-order valence-electron chi connectivity index (χ2n) is 7.00. The van der Waals surface area contributed by atoms with Gasteiger partial charge in [-0.3, -0.25) is 4.79 Å². The summed E-state index contributed by atoms with van der Waals surface area (Å²) in [5, 5.41) is 21.6. The first kappa shape index (κ1) is 19.0. The molecule has 0 radical (unpaired) electrons. The minimum absolute atomic E-state index is 0.0156. The van der Waals surface area contributed by atoms with Crippen LogP contribution in [0.15, 0.2) is 29.2 Å². The minimum atomic E-state index is -3.75. The Morgan fingerprint density at radius 1 is 1.18 bits per heavy atom. The minimum Gasteiger partial charge on any atom is -0.300 e. The third-order valence-electron chi connectivity index (χ3n) is 5.05. The number of piperidine rings is 1. The Morgan fingerprint density at radius 3 is 2.57 bits per heavy atom. The average molecular weight is 418 g/mol. The molecule has 1 saturated carbocycles. The summed E-state index contributed by atoms with van der Waals surface area (Å²) >= 11 is 1.41. The number of benzene rings is 1. The van der Waals surface area contributed by atoms with Crippen molar-refractivity contribution in [1.82, 2.24) is 14.5 Å². The van der Waals surface area contributed by atoms with E-state index < -0.39 is 10.0 Å². The second-order valence-corrected chi connectivity index (χ2v) is 9.91. The number of rotatable bonds is 5. The van der Waals surface area contributed by atoms with Crippen LogP contribution in [0.4, 0.5) is 5.13 Å². The van der Waals surface area contributed by atoms with Gasteiger partial charge in [0.15, 0.2) is 0 Å². The Morgan fingerprint density at radius 2 is 1.89 bits per heavy atom. The van der Waals surface area contributed by atoms with Gasteiger partial charge in [0.2, 0.25) is 21.1 Å². The van der Waals surface area contributed by atoms with Crippen molar-refractivity contribution in [1.29, 1.82) is 5.26 Å². The maximum absolute atomic E-state index is 12.9. The maximum Gasteiger partial charge on any atom is 0.244 e. The number of hydrogen-bond donors (Lipinski definition) is 1. The zero-order valence-electron chi connectivity index (χ0n) is 15.0. The highest BCUT2D eigenvalue weighted by Crippen LogP contribution is 2.42. The van der Waals surface area contributed by atoms with Gasteiger partial charge in [-0.1, -0.05) is 23.5 Å². The third-order valence-corrected chi connectivity index (χ3v) is 8.01. The van der Waals surface area contributed by atoms with E-state index in [2.05, 4.69) is 15.5 Å². The van der Waals surface area contributed by atoms with Gasteiger partial charge in [0.1, 0.15) is 11.1 Å². The fourth-order valence-corrected chi connectivity index (χ4v) is 5.80. The lowest BCUT2D eigenvalue weighted by Gasteiger charge is -2.30. The molecule has 1 amide bonds. The van der Waals surface area contributed by atoms with Crippen molar-refractivity contribution in [2.45, 2.75) is 36.5 Å². The molecule has 4 rings (SSSR count). The lowest BCUT2D eigenvalue weighted by molar-refractivity contribution is -0.120. The van der Waals surface area contributed by atoms with Gasteiger partial charge in [0.05, 0.1) is 10.5 Å². The SMILES string of the molecule is N#Cc1ccccc1S(=O)(=O)N1CCC(C(=O)Nc2nnc(C3CC3)s2)CC1. The van der Waals surface area contributed by atoms with Crippen molar-refractivity contribution < 1.29 is 13.2 Å². The van der Waals surface area contributed by atoms with E-state index in [0.29, 0.717) is 23.9 Å². The maximum atomic E-state index is 12.9. The number of anilines is 1. The largest absolute Gasteiger partial charge is 0.300 e. The molecule has 2 heterocycles. The summed E-state index contributed by atoms with van der Waals surface area (Å²) in [6.07, 6.45) is 3.11. The lowest BCUT2D eigenvalue weighted by Crippen LogP contribution is -2.41. The second kappa shape index (κ2) is 7.58. The quantitative estimate of drug-likeness (QED) is 0.798. The summed E-state index contributed by atoms with van der Waals surface area (Å²) in [4.78, 5) is 12.5. The number of hydrogen-bond acceptors (Lipinski definition) is 7. The van der Waals surface area contributed by atoms with Gasteiger partial charge >= 0.3 is 0 Å². The van der Waals surface area contributed by atoms with Crippen LogP contribution in [0, 0.1) is 17.2 Å². The van der Waals surface area contributed by atoms with Crippen LogP contribution in [-0.2, 0) is 14.8 Å². The van der Waals surface area contributed by atoms with Crippen molar-refractivity contribution in [3.05, 3.63) is 34.8 Å². The summed E-state index contributed by atoms with van der Waals surface area (Å²) in [5.41, 5.74) is 0.130. The van der Waals surface area contributed by atoms with Crippen LogP contribution < -0.4 is 5.32 Å². The normalized spacial score (nSPS) is 18.5. The molecule has 1 aliphatic carbocycles. The first-order valence-corrected chi connectivity index (χ1v) is 11.4. The number of amides is 1. The number of carbonyl (C=O) groups is 1. The first-order chi connectivity index (χ1) is 13.5. The molecule has 10 heteroatoms. The summed E-state index contributed by atoms with van der Waals surface area (Å²) in [5.74, 6) is 0.0757. The van der Waals surface area contributed by atoms with Crippen molar-refractivity contribution in [2.75, 3.05) is 18.4 Å². The molecular formula is C18H19N5O3S2. The highest BCUT2D eigenvalue weighted by Gasteiger charge is 2.34. The van der Waals surface area contributed by atoms with Crippen LogP contribution >= 0.6 is 11.3 Å². The standard InChI is InChI=1S/C18H19N5O3S2/c19-11-14-3-1-2-4-15(14)28(25,26)23-9-7-12(8-10-23)16(24)20-18-22-21-17(27-18)13-5-6-13/h1-4,12-13H,5-10H2,(H,20,22,24). The van der Waals surface area contributed by atoms with Crippen LogP contribution in [-0.4, -0.2) is 41.9 Å². The summed E-state index contributed by atoms with van der Waals surface area (Å²) in [6, 6.07) is 8.10. The molecule has 2 fully saturated rings. The third kappa shape index (κ3) is 3.78. The van der Waals surface area contributed by atoms with Gasteiger partial charge in [0.25, 0.3) is 0 Å². The van der Waals surface area contributed by atoms with Gasteiger partial charge in [-0.2, -0.15) is 9.57 Å². The van der Waals surface area contributed by atoms with Crippen LogP contribution in [0.2, 0.25) is 0 Å². The van der Waals surface area contributed by atoms with E-state index >= 15 is 0 Å². The smallest absolute Gasteiger partial charge is 0.244 e. The van der Waals surface area contributed by atoms with Crippen LogP contribution in [0.25, 0.3) is 0 Å². The van der Waals surface area contributed by atoms with E-state index in [1.54, 1.807) is 12.1 Å². The fourth-order valence-electron chi connectivity index (χ4n) is 3.27. The number of nitrogens with one attached hydrogen (secondary N) is 1. The van der Waals surface area contributed by atoms with E-state index in [1.165, 1.54) is 27.8 Å². The van der Waals surface area contributed by atoms with E-state index in [4.69, 9.17) is 0 Å². The highest BCUT2D eigenvalue weighted by molar-refractivity contribution is 7.89. The molecule has 1 saturated heterocycles. The van der Waals surface area contributed by atoms with Crippen molar-refractivity contribution in [3.8, 4) is 6.07 Å². The first-order valence-electron chi connectivity index (χ1n) is 9.12. The average Bonchev–Trinajstić information content (AvgIpc) is 3.47. The Kier molecular flexibility index (Phi) is 5.14. The van der Waals surface area contributed by atoms with Crippen LogP contribution in [0.5, 0.6) is 0 Å². The Labute approximate surface area is 167 Å². The Bertz CT molecular complexity index is 1030.